The minimum absolute atomic E-state index is 0.334. The number of nitrogens with zero attached hydrogens (tertiary/aromatic N) is 3. The van der Waals surface area contributed by atoms with Gasteiger partial charge in [0.1, 0.15) is 5.82 Å². The van der Waals surface area contributed by atoms with Crippen molar-refractivity contribution in [3.05, 3.63) is 53.1 Å². The number of alkyl halides is 1. The van der Waals surface area contributed by atoms with Crippen LogP contribution >= 0.6 is 23.2 Å². The third-order valence-electron chi connectivity index (χ3n) is 2.96. The fourth-order valence-corrected chi connectivity index (χ4v) is 2.42. The lowest BCUT2D eigenvalue weighted by Gasteiger charge is -2.07. The third-order valence-corrected chi connectivity index (χ3v) is 3.43. The zero-order chi connectivity index (χ0) is 13.4. The summed E-state index contributed by atoms with van der Waals surface area (Å²) in [4.78, 5) is 8.83. The quantitative estimate of drug-likeness (QED) is 0.665. The van der Waals surface area contributed by atoms with E-state index in [1.54, 1.807) is 0 Å². The summed E-state index contributed by atoms with van der Waals surface area (Å²) in [5, 5.41) is 0.667. The Kier molecular flexibility index (Phi) is 3.17. The molecule has 0 amide bonds. The highest BCUT2D eigenvalue weighted by atomic mass is 35.5. The maximum absolute atomic E-state index is 6.00. The molecule has 0 aliphatic rings. The molecule has 19 heavy (non-hydrogen) atoms. The van der Waals surface area contributed by atoms with E-state index >= 15 is 0 Å². The third kappa shape index (κ3) is 2.20. The molecule has 5 heteroatoms. The molecule has 0 unspecified atom stereocenters. The topological polar surface area (TPSA) is 30.7 Å². The second-order valence-corrected chi connectivity index (χ2v) is 4.99. The van der Waals surface area contributed by atoms with E-state index in [1.807, 2.05) is 48.0 Å². The first-order chi connectivity index (χ1) is 9.19. The highest BCUT2D eigenvalue weighted by Crippen LogP contribution is 2.24. The zero-order valence-electron chi connectivity index (χ0n) is 10.3. The lowest BCUT2D eigenvalue weighted by Crippen LogP contribution is -2.00. The first-order valence-corrected chi connectivity index (χ1v) is 6.76. The first kappa shape index (κ1) is 12.5. The van der Waals surface area contributed by atoms with Crippen molar-refractivity contribution in [2.24, 2.45) is 0 Å². The molecule has 3 nitrogen and oxygen atoms in total. The number of aromatic nitrogens is 3. The predicted molar refractivity (Wildman–Crippen MR) is 78.2 cm³/mol. The van der Waals surface area contributed by atoms with E-state index in [0.29, 0.717) is 10.9 Å². The zero-order valence-corrected chi connectivity index (χ0v) is 11.8. The number of halogens is 2. The number of fused-ring (bicyclic) bond motifs is 1. The van der Waals surface area contributed by atoms with Crippen LogP contribution in [0, 0.1) is 6.92 Å². The number of hydrogen-bond acceptors (Lipinski definition) is 2. The lowest BCUT2D eigenvalue weighted by molar-refractivity contribution is 0.968. The average Bonchev–Trinajstić information content (AvgIpc) is 2.77. The standard InChI is InChI=1S/C14H11Cl2N3/c1-9-2-4-11(8-17-9)19-13-5-3-10(16)6-12(13)18-14(19)7-15/h2-6,8H,7H2,1H3. The number of rotatable bonds is 2. The Balaban J connectivity index is 2.29. The van der Waals surface area contributed by atoms with Crippen molar-refractivity contribution in [1.82, 2.24) is 14.5 Å². The highest BCUT2D eigenvalue weighted by Gasteiger charge is 2.12. The minimum Gasteiger partial charge on any atom is -0.294 e. The first-order valence-electron chi connectivity index (χ1n) is 5.85. The van der Waals surface area contributed by atoms with Crippen molar-refractivity contribution in [3.63, 3.8) is 0 Å². The summed E-state index contributed by atoms with van der Waals surface area (Å²) < 4.78 is 2.01. The average molecular weight is 292 g/mol. The second kappa shape index (κ2) is 4.83. The van der Waals surface area contributed by atoms with Crippen LogP contribution in [0.1, 0.15) is 11.5 Å². The fourth-order valence-electron chi connectivity index (χ4n) is 2.07. The molecule has 2 heterocycles. The molecule has 96 valence electrons. The van der Waals surface area contributed by atoms with Gasteiger partial charge in [-0.15, -0.1) is 11.6 Å². The van der Waals surface area contributed by atoms with Gasteiger partial charge in [-0.1, -0.05) is 11.6 Å². The van der Waals surface area contributed by atoms with Crippen molar-refractivity contribution >= 4 is 34.2 Å². The molecule has 0 spiro atoms. The van der Waals surface area contributed by atoms with Gasteiger partial charge in [-0.3, -0.25) is 9.55 Å². The fraction of sp³-hybridized carbons (Fsp3) is 0.143. The molecular weight excluding hydrogens is 281 g/mol. The highest BCUT2D eigenvalue weighted by molar-refractivity contribution is 6.31. The number of aryl methyl sites for hydroxylation is 1. The smallest absolute Gasteiger partial charge is 0.129 e. The largest absolute Gasteiger partial charge is 0.294 e. The van der Waals surface area contributed by atoms with Gasteiger partial charge >= 0.3 is 0 Å². The van der Waals surface area contributed by atoms with Crippen LogP contribution in [0.4, 0.5) is 0 Å². The molecule has 0 N–H and O–H groups in total. The van der Waals surface area contributed by atoms with Crippen LogP contribution in [0.3, 0.4) is 0 Å². The van der Waals surface area contributed by atoms with Crippen LogP contribution < -0.4 is 0 Å². The van der Waals surface area contributed by atoms with E-state index in [2.05, 4.69) is 9.97 Å². The molecule has 3 aromatic rings. The van der Waals surface area contributed by atoms with Gasteiger partial charge in [0.05, 0.1) is 28.8 Å². The normalized spacial score (nSPS) is 11.1. The second-order valence-electron chi connectivity index (χ2n) is 4.29. The van der Waals surface area contributed by atoms with E-state index in [1.165, 1.54) is 0 Å². The van der Waals surface area contributed by atoms with Crippen molar-refractivity contribution in [1.29, 1.82) is 0 Å². The summed E-state index contributed by atoms with van der Waals surface area (Å²) in [5.74, 6) is 1.12. The molecule has 0 saturated heterocycles. The van der Waals surface area contributed by atoms with Gasteiger partial charge in [0.2, 0.25) is 0 Å². The van der Waals surface area contributed by atoms with Gasteiger partial charge in [-0.25, -0.2) is 4.98 Å². The molecule has 1 aromatic carbocycles. The Hall–Kier alpha value is -1.58. The maximum atomic E-state index is 6.00. The van der Waals surface area contributed by atoms with Crippen molar-refractivity contribution in [2.45, 2.75) is 12.8 Å². The Morgan fingerprint density at radius 2 is 2.05 bits per heavy atom. The number of imidazole rings is 1. The van der Waals surface area contributed by atoms with E-state index < -0.39 is 0 Å². The van der Waals surface area contributed by atoms with Gasteiger partial charge < -0.3 is 0 Å². The molecule has 0 fully saturated rings. The molecule has 0 bridgehead atoms. The lowest BCUT2D eigenvalue weighted by atomic mass is 10.3. The van der Waals surface area contributed by atoms with Crippen LogP contribution in [0.2, 0.25) is 5.02 Å². The van der Waals surface area contributed by atoms with Crippen LogP contribution in [0.5, 0.6) is 0 Å². The molecule has 0 saturated carbocycles. The summed E-state index contributed by atoms with van der Waals surface area (Å²) in [6.45, 7) is 1.96. The Morgan fingerprint density at radius 1 is 1.21 bits per heavy atom. The number of pyridine rings is 1. The summed E-state index contributed by atoms with van der Waals surface area (Å²) in [6, 6.07) is 9.61. The van der Waals surface area contributed by atoms with Crippen molar-refractivity contribution in [3.8, 4) is 5.69 Å². The molecule has 0 radical (unpaired) electrons. The van der Waals surface area contributed by atoms with E-state index in [9.17, 15) is 0 Å². The van der Waals surface area contributed by atoms with Gasteiger partial charge in [-0.05, 0) is 37.3 Å². The maximum Gasteiger partial charge on any atom is 0.129 e. The van der Waals surface area contributed by atoms with Crippen molar-refractivity contribution in [2.75, 3.05) is 0 Å². The van der Waals surface area contributed by atoms with E-state index in [-0.39, 0.29) is 0 Å². The number of benzene rings is 1. The van der Waals surface area contributed by atoms with Crippen LogP contribution in [-0.4, -0.2) is 14.5 Å². The van der Waals surface area contributed by atoms with Gasteiger partial charge in [0, 0.05) is 10.7 Å². The minimum atomic E-state index is 0.334. The van der Waals surface area contributed by atoms with Crippen LogP contribution in [0.15, 0.2) is 36.5 Å². The Labute approximate surface area is 120 Å². The number of hydrogen-bond donors (Lipinski definition) is 0. The summed E-state index contributed by atoms with van der Waals surface area (Å²) in [7, 11) is 0. The van der Waals surface area contributed by atoms with Gasteiger partial charge in [0.15, 0.2) is 0 Å². The van der Waals surface area contributed by atoms with Crippen LogP contribution in [-0.2, 0) is 5.88 Å². The van der Waals surface area contributed by atoms with E-state index in [0.717, 1.165) is 28.2 Å². The van der Waals surface area contributed by atoms with Gasteiger partial charge in [0.25, 0.3) is 0 Å². The monoisotopic (exact) mass is 291 g/mol. The summed E-state index contributed by atoms with van der Waals surface area (Å²) in [6.07, 6.45) is 1.82. The summed E-state index contributed by atoms with van der Waals surface area (Å²) in [5.41, 5.74) is 3.74. The molecule has 0 aliphatic carbocycles. The Bertz CT molecular complexity index is 732. The van der Waals surface area contributed by atoms with Crippen molar-refractivity contribution < 1.29 is 0 Å². The summed E-state index contributed by atoms with van der Waals surface area (Å²) >= 11 is 12.0. The molecule has 0 atom stereocenters. The predicted octanol–water partition coefficient (Wildman–Crippen LogP) is 4.12. The van der Waals surface area contributed by atoms with E-state index in [4.69, 9.17) is 23.2 Å². The molecule has 0 aliphatic heterocycles. The molecule has 2 aromatic heterocycles. The Morgan fingerprint density at radius 3 is 2.74 bits per heavy atom. The van der Waals surface area contributed by atoms with Crippen LogP contribution in [0.25, 0.3) is 16.7 Å². The molecular formula is C14H11Cl2N3. The SMILES string of the molecule is Cc1ccc(-n2c(CCl)nc3cc(Cl)ccc32)cn1. The molecule has 3 rings (SSSR count). The van der Waals surface area contributed by atoms with Gasteiger partial charge in [-0.2, -0.15) is 0 Å².